The van der Waals surface area contributed by atoms with Crippen LogP contribution < -0.4 is 0 Å². The van der Waals surface area contributed by atoms with Gasteiger partial charge in [-0.2, -0.15) is 0 Å². The van der Waals surface area contributed by atoms with Crippen molar-refractivity contribution in [1.82, 2.24) is 4.90 Å². The molecule has 0 amide bonds. The number of hydrogen-bond donors (Lipinski definition) is 0. The minimum atomic E-state index is -0.0482. The molecular formula is C13H23NO2. The number of ether oxygens (including phenoxy) is 1. The van der Waals surface area contributed by atoms with Crippen LogP contribution in [0.4, 0.5) is 0 Å². The highest BCUT2D eigenvalue weighted by Gasteiger charge is 2.33. The maximum Gasteiger partial charge on any atom is 0.305 e. The van der Waals surface area contributed by atoms with Crippen LogP contribution in [0.1, 0.15) is 45.4 Å². The molecule has 0 spiro atoms. The fourth-order valence-corrected chi connectivity index (χ4v) is 3.07. The van der Waals surface area contributed by atoms with Gasteiger partial charge in [-0.05, 0) is 38.8 Å². The standard InChI is InChI=1S/C13H23NO2/c1-2-13(15)16-10-11-6-5-9-14-8-4-3-7-12(11)14/h11-12H,2-10H2,1H3. The van der Waals surface area contributed by atoms with Gasteiger partial charge >= 0.3 is 5.97 Å². The van der Waals surface area contributed by atoms with Crippen LogP contribution in [0, 0.1) is 5.92 Å². The largest absolute Gasteiger partial charge is 0.465 e. The molecule has 0 aliphatic carbocycles. The van der Waals surface area contributed by atoms with E-state index >= 15 is 0 Å². The summed E-state index contributed by atoms with van der Waals surface area (Å²) < 4.78 is 5.31. The van der Waals surface area contributed by atoms with Crippen LogP contribution >= 0.6 is 0 Å². The zero-order chi connectivity index (χ0) is 11.4. The molecule has 2 saturated heterocycles. The Morgan fingerprint density at radius 1 is 1.25 bits per heavy atom. The number of rotatable bonds is 3. The highest BCUT2D eigenvalue weighted by molar-refractivity contribution is 5.68. The minimum Gasteiger partial charge on any atom is -0.465 e. The van der Waals surface area contributed by atoms with Gasteiger partial charge < -0.3 is 4.74 Å². The van der Waals surface area contributed by atoms with Gasteiger partial charge in [-0.1, -0.05) is 13.3 Å². The number of nitrogens with zero attached hydrogens (tertiary/aromatic N) is 1. The van der Waals surface area contributed by atoms with E-state index in [9.17, 15) is 4.79 Å². The fourth-order valence-electron chi connectivity index (χ4n) is 3.07. The summed E-state index contributed by atoms with van der Waals surface area (Å²) >= 11 is 0. The van der Waals surface area contributed by atoms with Gasteiger partial charge in [0.2, 0.25) is 0 Å². The summed E-state index contributed by atoms with van der Waals surface area (Å²) in [6, 6.07) is 0.687. The van der Waals surface area contributed by atoms with Gasteiger partial charge in [-0.25, -0.2) is 0 Å². The van der Waals surface area contributed by atoms with E-state index in [1.807, 2.05) is 6.92 Å². The molecule has 2 unspecified atom stereocenters. The van der Waals surface area contributed by atoms with Crippen molar-refractivity contribution in [3.05, 3.63) is 0 Å². The number of esters is 1. The van der Waals surface area contributed by atoms with Crippen molar-refractivity contribution in [1.29, 1.82) is 0 Å². The normalized spacial score (nSPS) is 30.8. The number of carbonyl (C=O) groups excluding carboxylic acids is 1. The van der Waals surface area contributed by atoms with E-state index in [0.29, 0.717) is 25.0 Å². The van der Waals surface area contributed by atoms with E-state index < -0.39 is 0 Å². The quantitative estimate of drug-likeness (QED) is 0.690. The molecule has 2 atom stereocenters. The maximum absolute atomic E-state index is 11.2. The lowest BCUT2D eigenvalue weighted by Gasteiger charge is -2.44. The molecule has 2 heterocycles. The molecule has 0 aromatic carbocycles. The molecular weight excluding hydrogens is 202 g/mol. The Balaban J connectivity index is 1.85. The number of carbonyl (C=O) groups is 1. The average molecular weight is 225 g/mol. The number of hydrogen-bond acceptors (Lipinski definition) is 3. The van der Waals surface area contributed by atoms with Crippen LogP contribution in [0.15, 0.2) is 0 Å². The summed E-state index contributed by atoms with van der Waals surface area (Å²) in [5.41, 5.74) is 0. The van der Waals surface area contributed by atoms with Gasteiger partial charge in [-0.3, -0.25) is 9.69 Å². The molecule has 2 fully saturated rings. The highest BCUT2D eigenvalue weighted by Crippen LogP contribution is 2.30. The Bertz CT molecular complexity index is 240. The van der Waals surface area contributed by atoms with Crippen LogP contribution in [-0.4, -0.2) is 36.6 Å². The smallest absolute Gasteiger partial charge is 0.305 e. The average Bonchev–Trinajstić information content (AvgIpc) is 2.35. The van der Waals surface area contributed by atoms with Crippen LogP contribution in [0.5, 0.6) is 0 Å². The van der Waals surface area contributed by atoms with E-state index in [1.54, 1.807) is 0 Å². The lowest BCUT2D eigenvalue weighted by atomic mass is 9.84. The maximum atomic E-state index is 11.2. The predicted octanol–water partition coefficient (Wildman–Crippen LogP) is 2.20. The third-order valence-corrected chi connectivity index (χ3v) is 3.98. The highest BCUT2D eigenvalue weighted by atomic mass is 16.5. The molecule has 92 valence electrons. The van der Waals surface area contributed by atoms with Crippen molar-refractivity contribution < 1.29 is 9.53 Å². The van der Waals surface area contributed by atoms with Gasteiger partial charge in [0.15, 0.2) is 0 Å². The zero-order valence-corrected chi connectivity index (χ0v) is 10.3. The molecule has 2 aliphatic rings. The van der Waals surface area contributed by atoms with E-state index in [1.165, 1.54) is 45.2 Å². The first-order chi connectivity index (χ1) is 7.81. The van der Waals surface area contributed by atoms with E-state index in [4.69, 9.17) is 4.74 Å². The summed E-state index contributed by atoms with van der Waals surface area (Å²) in [5, 5.41) is 0. The third-order valence-electron chi connectivity index (χ3n) is 3.98. The summed E-state index contributed by atoms with van der Waals surface area (Å²) in [6.45, 7) is 5.01. The Kier molecular flexibility index (Phi) is 4.22. The van der Waals surface area contributed by atoms with Crippen molar-refractivity contribution in [3.8, 4) is 0 Å². The van der Waals surface area contributed by atoms with Crippen LogP contribution in [0.3, 0.4) is 0 Å². The van der Waals surface area contributed by atoms with Gasteiger partial charge in [0.1, 0.15) is 0 Å². The Hall–Kier alpha value is -0.570. The Morgan fingerprint density at radius 3 is 2.88 bits per heavy atom. The predicted molar refractivity (Wildman–Crippen MR) is 63.2 cm³/mol. The Labute approximate surface area is 98.1 Å². The molecule has 0 aromatic rings. The molecule has 0 bridgehead atoms. The molecule has 3 heteroatoms. The van der Waals surface area contributed by atoms with Crippen LogP contribution in [-0.2, 0) is 9.53 Å². The molecule has 3 nitrogen and oxygen atoms in total. The van der Waals surface area contributed by atoms with Crippen molar-refractivity contribution in [2.45, 2.75) is 51.5 Å². The van der Waals surface area contributed by atoms with Crippen molar-refractivity contribution in [3.63, 3.8) is 0 Å². The Morgan fingerprint density at radius 2 is 2.06 bits per heavy atom. The second-order valence-corrected chi connectivity index (χ2v) is 5.04. The first-order valence-corrected chi connectivity index (χ1v) is 6.71. The summed E-state index contributed by atoms with van der Waals surface area (Å²) in [7, 11) is 0. The molecule has 2 rings (SSSR count). The molecule has 16 heavy (non-hydrogen) atoms. The minimum absolute atomic E-state index is 0.0482. The second kappa shape index (κ2) is 5.67. The van der Waals surface area contributed by atoms with Crippen LogP contribution in [0.25, 0.3) is 0 Å². The van der Waals surface area contributed by atoms with E-state index in [-0.39, 0.29) is 5.97 Å². The first kappa shape index (κ1) is 11.9. The van der Waals surface area contributed by atoms with Gasteiger partial charge in [0, 0.05) is 18.4 Å². The fraction of sp³-hybridized carbons (Fsp3) is 0.923. The first-order valence-electron chi connectivity index (χ1n) is 6.71. The molecule has 0 radical (unpaired) electrons. The second-order valence-electron chi connectivity index (χ2n) is 5.04. The van der Waals surface area contributed by atoms with Crippen molar-refractivity contribution in [2.75, 3.05) is 19.7 Å². The summed E-state index contributed by atoms with van der Waals surface area (Å²) in [4.78, 5) is 13.8. The molecule has 0 aromatic heterocycles. The van der Waals surface area contributed by atoms with Crippen molar-refractivity contribution in [2.24, 2.45) is 5.92 Å². The molecule has 0 saturated carbocycles. The van der Waals surface area contributed by atoms with Gasteiger partial charge in [0.25, 0.3) is 0 Å². The number of piperidine rings is 2. The summed E-state index contributed by atoms with van der Waals surface area (Å²) in [5.74, 6) is 0.539. The van der Waals surface area contributed by atoms with E-state index in [0.717, 1.165) is 0 Å². The van der Waals surface area contributed by atoms with Gasteiger partial charge in [-0.15, -0.1) is 0 Å². The van der Waals surface area contributed by atoms with E-state index in [2.05, 4.69) is 4.90 Å². The van der Waals surface area contributed by atoms with Crippen LogP contribution in [0.2, 0.25) is 0 Å². The molecule has 2 aliphatic heterocycles. The third kappa shape index (κ3) is 2.76. The summed E-state index contributed by atoms with van der Waals surface area (Å²) in [6.07, 6.45) is 7.00. The topological polar surface area (TPSA) is 29.5 Å². The molecule has 0 N–H and O–H groups in total. The SMILES string of the molecule is CCC(=O)OCC1CCCN2CCCCC12. The lowest BCUT2D eigenvalue weighted by Crippen LogP contribution is -2.49. The lowest BCUT2D eigenvalue weighted by molar-refractivity contribution is -0.146. The zero-order valence-electron chi connectivity index (χ0n) is 10.3. The monoisotopic (exact) mass is 225 g/mol. The number of fused-ring (bicyclic) bond motifs is 1. The van der Waals surface area contributed by atoms with Crippen molar-refractivity contribution >= 4 is 5.97 Å². The van der Waals surface area contributed by atoms with Gasteiger partial charge in [0.05, 0.1) is 6.61 Å².